The van der Waals surface area contributed by atoms with E-state index < -0.39 is 0 Å². The van der Waals surface area contributed by atoms with E-state index in [1.54, 1.807) is 0 Å². The lowest BCUT2D eigenvalue weighted by Gasteiger charge is -2.16. The standard InChI is InChI=1S/C11H23NO3/c1-4-13-8-7-12-9-10(12)11(14-5-2)15-6-3/h10-11H,4-9H2,1-3H3. The molecular weight excluding hydrogens is 194 g/mol. The number of hydrogen-bond donors (Lipinski definition) is 0. The van der Waals surface area contributed by atoms with Crippen molar-refractivity contribution < 1.29 is 14.2 Å². The predicted molar refractivity (Wildman–Crippen MR) is 58.9 cm³/mol. The van der Waals surface area contributed by atoms with Crippen molar-refractivity contribution in [3.63, 3.8) is 0 Å². The quantitative estimate of drug-likeness (QED) is 0.329. The number of hydrogen-bond acceptors (Lipinski definition) is 4. The lowest BCUT2D eigenvalue weighted by molar-refractivity contribution is -0.141. The monoisotopic (exact) mass is 217 g/mol. The van der Waals surface area contributed by atoms with Crippen molar-refractivity contribution in [2.45, 2.75) is 33.1 Å². The molecule has 4 heteroatoms. The first-order valence-electron chi connectivity index (χ1n) is 5.88. The maximum Gasteiger partial charge on any atom is 0.174 e. The van der Waals surface area contributed by atoms with Crippen molar-refractivity contribution >= 4 is 0 Å². The topological polar surface area (TPSA) is 30.7 Å². The average molecular weight is 217 g/mol. The van der Waals surface area contributed by atoms with Crippen LogP contribution in [0.1, 0.15) is 20.8 Å². The van der Waals surface area contributed by atoms with Crippen molar-refractivity contribution in [3.8, 4) is 0 Å². The second kappa shape index (κ2) is 7.17. The summed E-state index contributed by atoms with van der Waals surface area (Å²) in [6.07, 6.45) is -0.0540. The van der Waals surface area contributed by atoms with Crippen molar-refractivity contribution in [1.29, 1.82) is 0 Å². The summed E-state index contributed by atoms with van der Waals surface area (Å²) >= 11 is 0. The molecule has 90 valence electrons. The molecule has 1 heterocycles. The number of nitrogens with zero attached hydrogens (tertiary/aromatic N) is 1. The van der Waals surface area contributed by atoms with E-state index in [4.69, 9.17) is 14.2 Å². The molecule has 0 radical (unpaired) electrons. The molecule has 0 N–H and O–H groups in total. The van der Waals surface area contributed by atoms with E-state index in [-0.39, 0.29) is 6.29 Å². The predicted octanol–water partition coefficient (Wildman–Crippen LogP) is 1.11. The SMILES string of the molecule is CCOCCN1CC1C(OCC)OCC. The Morgan fingerprint density at radius 1 is 1.13 bits per heavy atom. The Morgan fingerprint density at radius 2 is 1.80 bits per heavy atom. The molecule has 0 aromatic heterocycles. The van der Waals surface area contributed by atoms with Gasteiger partial charge < -0.3 is 14.2 Å². The molecule has 2 atom stereocenters. The van der Waals surface area contributed by atoms with E-state index in [9.17, 15) is 0 Å². The van der Waals surface area contributed by atoms with Gasteiger partial charge in [0.15, 0.2) is 6.29 Å². The Balaban J connectivity index is 2.14. The van der Waals surface area contributed by atoms with Gasteiger partial charge in [-0.05, 0) is 20.8 Å². The van der Waals surface area contributed by atoms with E-state index in [1.807, 2.05) is 20.8 Å². The van der Waals surface area contributed by atoms with Gasteiger partial charge in [0.1, 0.15) is 0 Å². The van der Waals surface area contributed by atoms with Crippen LogP contribution in [-0.4, -0.2) is 56.7 Å². The molecule has 4 nitrogen and oxygen atoms in total. The normalized spacial score (nSPS) is 24.8. The van der Waals surface area contributed by atoms with Gasteiger partial charge in [-0.1, -0.05) is 0 Å². The molecule has 15 heavy (non-hydrogen) atoms. The summed E-state index contributed by atoms with van der Waals surface area (Å²) in [5.41, 5.74) is 0. The fourth-order valence-electron chi connectivity index (χ4n) is 1.63. The van der Waals surface area contributed by atoms with Crippen LogP contribution in [0.2, 0.25) is 0 Å². The van der Waals surface area contributed by atoms with E-state index in [0.29, 0.717) is 19.3 Å². The van der Waals surface area contributed by atoms with Gasteiger partial charge in [0.05, 0.1) is 12.6 Å². The van der Waals surface area contributed by atoms with Crippen LogP contribution in [0, 0.1) is 0 Å². The third kappa shape index (κ3) is 4.47. The largest absolute Gasteiger partial charge is 0.380 e. The molecule has 0 aromatic carbocycles. The van der Waals surface area contributed by atoms with Crippen molar-refractivity contribution in [2.75, 3.05) is 39.5 Å². The second-order valence-electron chi connectivity index (χ2n) is 3.54. The molecule has 2 unspecified atom stereocenters. The van der Waals surface area contributed by atoms with Crippen LogP contribution in [-0.2, 0) is 14.2 Å². The van der Waals surface area contributed by atoms with Gasteiger partial charge in [0.2, 0.25) is 0 Å². The van der Waals surface area contributed by atoms with Crippen LogP contribution in [0.25, 0.3) is 0 Å². The highest BCUT2D eigenvalue weighted by Crippen LogP contribution is 2.23. The van der Waals surface area contributed by atoms with Gasteiger partial charge in [0, 0.05) is 32.9 Å². The molecule has 0 aromatic rings. The fraction of sp³-hybridized carbons (Fsp3) is 1.00. The van der Waals surface area contributed by atoms with E-state index >= 15 is 0 Å². The zero-order valence-electron chi connectivity index (χ0n) is 10.1. The average Bonchev–Trinajstić information content (AvgIpc) is 2.98. The van der Waals surface area contributed by atoms with Crippen molar-refractivity contribution in [3.05, 3.63) is 0 Å². The van der Waals surface area contributed by atoms with E-state index in [1.165, 1.54) is 0 Å². The first-order valence-corrected chi connectivity index (χ1v) is 5.88. The Kier molecular flexibility index (Phi) is 6.17. The lowest BCUT2D eigenvalue weighted by atomic mass is 10.4. The first-order chi connectivity index (χ1) is 7.33. The molecule has 0 aliphatic carbocycles. The molecule has 1 aliphatic heterocycles. The first kappa shape index (κ1) is 12.9. The Morgan fingerprint density at radius 3 is 2.33 bits per heavy atom. The lowest BCUT2D eigenvalue weighted by Crippen LogP contribution is -2.27. The summed E-state index contributed by atoms with van der Waals surface area (Å²) in [6.45, 7) is 11.1. The summed E-state index contributed by atoms with van der Waals surface area (Å²) in [6, 6.07) is 0.436. The van der Waals surface area contributed by atoms with Crippen LogP contribution < -0.4 is 0 Å². The van der Waals surface area contributed by atoms with E-state index in [0.717, 1.165) is 26.3 Å². The minimum absolute atomic E-state index is 0.0540. The summed E-state index contributed by atoms with van der Waals surface area (Å²) in [4.78, 5) is 2.33. The van der Waals surface area contributed by atoms with Crippen LogP contribution in [0.15, 0.2) is 0 Å². The van der Waals surface area contributed by atoms with Gasteiger partial charge in [-0.3, -0.25) is 4.90 Å². The summed E-state index contributed by atoms with van der Waals surface area (Å²) in [7, 11) is 0. The van der Waals surface area contributed by atoms with Crippen LogP contribution in [0.5, 0.6) is 0 Å². The van der Waals surface area contributed by atoms with Crippen LogP contribution in [0.4, 0.5) is 0 Å². The van der Waals surface area contributed by atoms with Gasteiger partial charge in [0.25, 0.3) is 0 Å². The van der Waals surface area contributed by atoms with E-state index in [2.05, 4.69) is 4.90 Å². The Bertz CT molecular complexity index is 160. The minimum Gasteiger partial charge on any atom is -0.380 e. The third-order valence-corrected chi connectivity index (χ3v) is 2.46. The molecule has 0 spiro atoms. The Labute approximate surface area is 92.5 Å². The molecule has 1 aliphatic rings. The Hall–Kier alpha value is -0.160. The smallest absolute Gasteiger partial charge is 0.174 e. The highest BCUT2D eigenvalue weighted by Gasteiger charge is 2.41. The minimum atomic E-state index is -0.0540. The highest BCUT2D eigenvalue weighted by atomic mass is 16.7. The summed E-state index contributed by atoms with van der Waals surface area (Å²) in [5.74, 6) is 0. The van der Waals surface area contributed by atoms with Gasteiger partial charge >= 0.3 is 0 Å². The zero-order chi connectivity index (χ0) is 11.1. The van der Waals surface area contributed by atoms with Crippen molar-refractivity contribution in [1.82, 2.24) is 4.90 Å². The molecule has 0 bridgehead atoms. The summed E-state index contributed by atoms with van der Waals surface area (Å²) < 4.78 is 16.4. The maximum atomic E-state index is 5.54. The molecule has 1 saturated heterocycles. The highest BCUT2D eigenvalue weighted by molar-refractivity contribution is 4.91. The second-order valence-corrected chi connectivity index (χ2v) is 3.54. The fourth-order valence-corrected chi connectivity index (χ4v) is 1.63. The molecular formula is C11H23NO3. The van der Waals surface area contributed by atoms with Gasteiger partial charge in [-0.2, -0.15) is 0 Å². The molecule has 1 fully saturated rings. The third-order valence-electron chi connectivity index (χ3n) is 2.46. The number of ether oxygens (including phenoxy) is 3. The van der Waals surface area contributed by atoms with Crippen LogP contribution >= 0.6 is 0 Å². The molecule has 0 amide bonds. The van der Waals surface area contributed by atoms with Crippen molar-refractivity contribution in [2.24, 2.45) is 0 Å². The zero-order valence-corrected chi connectivity index (χ0v) is 10.1. The molecule has 0 saturated carbocycles. The van der Waals surface area contributed by atoms with Gasteiger partial charge in [-0.25, -0.2) is 0 Å². The summed E-state index contributed by atoms with van der Waals surface area (Å²) in [5, 5.41) is 0. The van der Waals surface area contributed by atoms with Crippen LogP contribution in [0.3, 0.4) is 0 Å². The molecule has 1 rings (SSSR count). The maximum absolute atomic E-state index is 5.54. The van der Waals surface area contributed by atoms with Gasteiger partial charge in [-0.15, -0.1) is 0 Å². The number of rotatable bonds is 9.